The van der Waals surface area contributed by atoms with Crippen LogP contribution in [0.5, 0.6) is 0 Å². The lowest BCUT2D eigenvalue weighted by atomic mass is 9.94. The fourth-order valence-electron chi connectivity index (χ4n) is 3.02. The van der Waals surface area contributed by atoms with E-state index in [-0.39, 0.29) is 25.1 Å². The van der Waals surface area contributed by atoms with Crippen LogP contribution in [0.3, 0.4) is 0 Å². The number of amides is 1. The number of ether oxygens (including phenoxy) is 1. The second-order valence-corrected chi connectivity index (χ2v) is 5.20. The summed E-state index contributed by atoms with van der Waals surface area (Å²) in [5, 5.41) is 5.82. The summed E-state index contributed by atoms with van der Waals surface area (Å²) in [5.41, 5.74) is 0. The lowest BCUT2D eigenvalue weighted by Gasteiger charge is -2.17. The molecular weight excluding hydrogens is 261 g/mol. The molecule has 1 saturated heterocycles. The van der Waals surface area contributed by atoms with Crippen molar-refractivity contribution < 1.29 is 22.7 Å². The zero-order valence-electron chi connectivity index (χ0n) is 10.6. The zero-order chi connectivity index (χ0) is 13.9. The van der Waals surface area contributed by atoms with Gasteiger partial charge in [0.2, 0.25) is 5.91 Å². The molecule has 0 aromatic rings. The van der Waals surface area contributed by atoms with E-state index in [1.807, 2.05) is 0 Å². The second-order valence-electron chi connectivity index (χ2n) is 5.20. The summed E-state index contributed by atoms with van der Waals surface area (Å²) in [5.74, 6) is 0.846. The van der Waals surface area contributed by atoms with E-state index >= 15 is 0 Å². The van der Waals surface area contributed by atoms with E-state index in [0.29, 0.717) is 11.8 Å². The molecule has 19 heavy (non-hydrogen) atoms. The third kappa shape index (κ3) is 4.07. The Kier molecular flexibility index (Phi) is 4.67. The highest BCUT2D eigenvalue weighted by Crippen LogP contribution is 2.37. The van der Waals surface area contributed by atoms with Crippen LogP contribution in [0, 0.1) is 11.8 Å². The molecule has 1 aliphatic carbocycles. The van der Waals surface area contributed by atoms with Crippen LogP contribution in [0.25, 0.3) is 0 Å². The van der Waals surface area contributed by atoms with Crippen molar-refractivity contribution in [3.8, 4) is 0 Å². The molecule has 0 bridgehead atoms. The monoisotopic (exact) mass is 280 g/mol. The molecule has 2 rings (SSSR count). The van der Waals surface area contributed by atoms with Crippen molar-refractivity contribution in [1.82, 2.24) is 10.6 Å². The fourth-order valence-corrected chi connectivity index (χ4v) is 3.02. The summed E-state index contributed by atoms with van der Waals surface area (Å²) < 4.78 is 39.9. The van der Waals surface area contributed by atoms with E-state index in [2.05, 4.69) is 15.4 Å². The average Bonchev–Trinajstić information content (AvgIpc) is 2.87. The molecule has 3 atom stereocenters. The Morgan fingerprint density at radius 1 is 1.37 bits per heavy atom. The average molecular weight is 280 g/mol. The first-order valence-electron chi connectivity index (χ1n) is 6.63. The van der Waals surface area contributed by atoms with E-state index in [9.17, 15) is 18.0 Å². The van der Waals surface area contributed by atoms with Gasteiger partial charge in [-0.15, -0.1) is 0 Å². The number of hydrogen-bond acceptors (Lipinski definition) is 3. The third-order valence-corrected chi connectivity index (χ3v) is 3.84. The molecule has 1 heterocycles. The van der Waals surface area contributed by atoms with Gasteiger partial charge in [0.15, 0.2) is 0 Å². The summed E-state index contributed by atoms with van der Waals surface area (Å²) in [7, 11) is 0. The number of alkyl halides is 3. The highest BCUT2D eigenvalue weighted by Gasteiger charge is 2.42. The SMILES string of the molecule is O=C(NCCOCC(F)(F)F)C1NCC2CCCC21. The summed E-state index contributed by atoms with van der Waals surface area (Å²) >= 11 is 0. The van der Waals surface area contributed by atoms with Crippen molar-refractivity contribution in [3.63, 3.8) is 0 Å². The van der Waals surface area contributed by atoms with Gasteiger partial charge in [-0.2, -0.15) is 13.2 Å². The third-order valence-electron chi connectivity index (χ3n) is 3.84. The Bertz CT molecular complexity index is 323. The van der Waals surface area contributed by atoms with Crippen LogP contribution in [-0.4, -0.2) is 44.4 Å². The predicted octanol–water partition coefficient (Wildman–Crippen LogP) is 1.07. The van der Waals surface area contributed by atoms with Gasteiger partial charge in [0, 0.05) is 6.54 Å². The van der Waals surface area contributed by atoms with E-state index in [0.717, 1.165) is 25.8 Å². The van der Waals surface area contributed by atoms with Crippen molar-refractivity contribution >= 4 is 5.91 Å². The number of halogens is 3. The topological polar surface area (TPSA) is 50.4 Å². The van der Waals surface area contributed by atoms with Gasteiger partial charge >= 0.3 is 6.18 Å². The van der Waals surface area contributed by atoms with Crippen LogP contribution < -0.4 is 10.6 Å². The number of fused-ring (bicyclic) bond motifs is 1. The van der Waals surface area contributed by atoms with Gasteiger partial charge in [-0.1, -0.05) is 6.42 Å². The van der Waals surface area contributed by atoms with Gasteiger partial charge < -0.3 is 15.4 Å². The molecule has 2 aliphatic rings. The first-order chi connectivity index (χ1) is 8.97. The quantitative estimate of drug-likeness (QED) is 0.741. The van der Waals surface area contributed by atoms with Gasteiger partial charge in [-0.25, -0.2) is 0 Å². The number of rotatable bonds is 5. The number of carbonyl (C=O) groups is 1. The highest BCUT2D eigenvalue weighted by atomic mass is 19.4. The van der Waals surface area contributed by atoms with E-state index in [1.54, 1.807) is 0 Å². The van der Waals surface area contributed by atoms with Crippen molar-refractivity contribution in [1.29, 1.82) is 0 Å². The molecule has 1 saturated carbocycles. The van der Waals surface area contributed by atoms with Crippen LogP contribution in [-0.2, 0) is 9.53 Å². The summed E-state index contributed by atoms with van der Waals surface area (Å²) in [6.45, 7) is -0.404. The molecule has 4 nitrogen and oxygen atoms in total. The van der Waals surface area contributed by atoms with Crippen LogP contribution in [0.15, 0.2) is 0 Å². The summed E-state index contributed by atoms with van der Waals surface area (Å²) in [6.07, 6.45) is -0.931. The number of carbonyl (C=O) groups excluding carboxylic acids is 1. The van der Waals surface area contributed by atoms with Gasteiger partial charge in [-0.05, 0) is 31.2 Å². The van der Waals surface area contributed by atoms with Gasteiger partial charge in [0.05, 0.1) is 12.6 Å². The summed E-state index contributed by atoms with van der Waals surface area (Å²) in [4.78, 5) is 11.9. The molecule has 0 aromatic carbocycles. The Morgan fingerprint density at radius 2 is 2.16 bits per heavy atom. The maximum atomic E-state index is 11.9. The van der Waals surface area contributed by atoms with Crippen molar-refractivity contribution in [2.75, 3.05) is 26.3 Å². The maximum Gasteiger partial charge on any atom is 0.411 e. The molecule has 7 heteroatoms. The van der Waals surface area contributed by atoms with Crippen LogP contribution >= 0.6 is 0 Å². The van der Waals surface area contributed by atoms with Crippen molar-refractivity contribution in [3.05, 3.63) is 0 Å². The first kappa shape index (κ1) is 14.6. The van der Waals surface area contributed by atoms with Crippen LogP contribution in [0.4, 0.5) is 13.2 Å². The maximum absolute atomic E-state index is 11.9. The van der Waals surface area contributed by atoms with Crippen LogP contribution in [0.2, 0.25) is 0 Å². The number of hydrogen-bond donors (Lipinski definition) is 2. The van der Waals surface area contributed by atoms with E-state index in [4.69, 9.17) is 0 Å². The molecular formula is C12H19F3N2O2. The molecule has 2 fully saturated rings. The molecule has 3 unspecified atom stereocenters. The highest BCUT2D eigenvalue weighted by molar-refractivity contribution is 5.82. The predicted molar refractivity (Wildman–Crippen MR) is 62.5 cm³/mol. The Hall–Kier alpha value is -0.820. The Balaban J connectivity index is 1.62. The zero-order valence-corrected chi connectivity index (χ0v) is 10.6. The molecule has 110 valence electrons. The molecule has 0 aromatic heterocycles. The van der Waals surface area contributed by atoms with Gasteiger partial charge in [0.25, 0.3) is 0 Å². The Morgan fingerprint density at radius 3 is 2.89 bits per heavy atom. The molecule has 2 N–H and O–H groups in total. The second kappa shape index (κ2) is 6.09. The standard InChI is InChI=1S/C12H19F3N2O2/c13-12(14,15)7-19-5-4-16-11(18)10-9-3-1-2-8(9)6-17-10/h8-10,17H,1-7H2,(H,16,18). The van der Waals surface area contributed by atoms with E-state index < -0.39 is 12.8 Å². The minimum Gasteiger partial charge on any atom is -0.370 e. The van der Waals surface area contributed by atoms with Crippen molar-refractivity contribution in [2.45, 2.75) is 31.5 Å². The molecule has 0 radical (unpaired) electrons. The molecule has 1 aliphatic heterocycles. The molecule has 0 spiro atoms. The number of nitrogens with one attached hydrogen (secondary N) is 2. The minimum atomic E-state index is -4.31. The van der Waals surface area contributed by atoms with Gasteiger partial charge in [0.1, 0.15) is 6.61 Å². The minimum absolute atomic E-state index is 0.116. The van der Waals surface area contributed by atoms with E-state index in [1.165, 1.54) is 0 Å². The van der Waals surface area contributed by atoms with Crippen molar-refractivity contribution in [2.24, 2.45) is 11.8 Å². The molecule has 1 amide bonds. The lowest BCUT2D eigenvalue weighted by molar-refractivity contribution is -0.173. The fraction of sp³-hybridized carbons (Fsp3) is 0.917. The smallest absolute Gasteiger partial charge is 0.370 e. The van der Waals surface area contributed by atoms with Gasteiger partial charge in [-0.3, -0.25) is 4.79 Å². The normalized spacial score (nSPS) is 30.4. The van der Waals surface area contributed by atoms with Crippen LogP contribution in [0.1, 0.15) is 19.3 Å². The lowest BCUT2D eigenvalue weighted by Crippen LogP contribution is -2.44. The Labute approximate surface area is 110 Å². The summed E-state index contributed by atoms with van der Waals surface area (Å²) in [6, 6.07) is -0.185. The largest absolute Gasteiger partial charge is 0.411 e. The first-order valence-corrected chi connectivity index (χ1v) is 6.63.